The summed E-state index contributed by atoms with van der Waals surface area (Å²) in [6.45, 7) is 3.95. The van der Waals surface area contributed by atoms with Crippen LogP contribution in [0.15, 0.2) is 71.6 Å². The number of ether oxygens (including phenoxy) is 3. The summed E-state index contributed by atoms with van der Waals surface area (Å²) in [7, 11) is 0. The number of hydrogen-bond donors (Lipinski definition) is 1. The van der Waals surface area contributed by atoms with Gasteiger partial charge in [0.2, 0.25) is 5.91 Å². The third-order valence-corrected chi connectivity index (χ3v) is 6.96. The number of carbonyl (C=O) groups is 4. The number of rotatable bonds is 11. The summed E-state index contributed by atoms with van der Waals surface area (Å²) in [6, 6.07) is 19.3. The Kier molecular flexibility index (Phi) is 10.0. The maximum atomic E-state index is 13.0. The van der Waals surface area contributed by atoms with Crippen molar-refractivity contribution in [3.8, 4) is 11.5 Å². The van der Waals surface area contributed by atoms with Crippen molar-refractivity contribution in [2.75, 3.05) is 25.1 Å². The van der Waals surface area contributed by atoms with E-state index in [-0.39, 0.29) is 27.8 Å². The summed E-state index contributed by atoms with van der Waals surface area (Å²) >= 11 is 6.80. The van der Waals surface area contributed by atoms with Gasteiger partial charge in [0.1, 0.15) is 13.2 Å². The summed E-state index contributed by atoms with van der Waals surface area (Å²) in [5.74, 6) is -0.801. The fraction of sp³-hybridized carbons (Fsp3) is 0.200. The summed E-state index contributed by atoms with van der Waals surface area (Å²) in [6.07, 6.45) is 1.57. The second-order valence-corrected chi connectivity index (χ2v) is 10.0. The molecule has 41 heavy (non-hydrogen) atoms. The van der Waals surface area contributed by atoms with E-state index in [2.05, 4.69) is 5.32 Å². The second kappa shape index (κ2) is 13.9. The summed E-state index contributed by atoms with van der Waals surface area (Å²) in [5.41, 5.74) is 1.99. The van der Waals surface area contributed by atoms with E-state index < -0.39 is 29.6 Å². The molecule has 0 spiro atoms. The number of halogens is 1. The fourth-order valence-corrected chi connectivity index (χ4v) is 4.87. The fourth-order valence-electron chi connectivity index (χ4n) is 3.84. The molecule has 0 saturated carbocycles. The first-order valence-electron chi connectivity index (χ1n) is 12.7. The Labute approximate surface area is 246 Å². The van der Waals surface area contributed by atoms with Gasteiger partial charge in [0, 0.05) is 5.69 Å². The van der Waals surface area contributed by atoms with Crippen molar-refractivity contribution < 1.29 is 33.4 Å². The van der Waals surface area contributed by atoms with Crippen LogP contribution in [0.2, 0.25) is 5.02 Å². The first-order chi connectivity index (χ1) is 19.8. The Morgan fingerprint density at radius 1 is 0.951 bits per heavy atom. The van der Waals surface area contributed by atoms with Crippen LogP contribution < -0.4 is 14.8 Å². The number of amides is 3. The van der Waals surface area contributed by atoms with Crippen LogP contribution in [0.25, 0.3) is 6.08 Å². The number of anilines is 1. The average Bonchev–Trinajstić information content (AvgIpc) is 3.21. The molecule has 0 atom stereocenters. The van der Waals surface area contributed by atoms with Crippen LogP contribution in [0, 0.1) is 0 Å². The zero-order valence-corrected chi connectivity index (χ0v) is 23.9. The zero-order valence-electron chi connectivity index (χ0n) is 22.3. The molecule has 1 heterocycles. The molecule has 3 aromatic rings. The monoisotopic (exact) mass is 594 g/mol. The van der Waals surface area contributed by atoms with Crippen LogP contribution in [0.1, 0.15) is 35.3 Å². The summed E-state index contributed by atoms with van der Waals surface area (Å²) in [4.78, 5) is 51.4. The van der Waals surface area contributed by atoms with Crippen LogP contribution >= 0.6 is 23.4 Å². The van der Waals surface area contributed by atoms with Crippen LogP contribution in [-0.4, -0.2) is 47.7 Å². The third kappa shape index (κ3) is 7.68. The Bertz CT molecular complexity index is 1490. The lowest BCUT2D eigenvalue weighted by molar-refractivity contribution is -0.127. The van der Waals surface area contributed by atoms with Gasteiger partial charge in [-0.05, 0) is 73.1 Å². The lowest BCUT2D eigenvalue weighted by Gasteiger charge is -2.13. The molecular formula is C30H27ClN2O7S. The van der Waals surface area contributed by atoms with Crippen LogP contribution in [-0.2, 0) is 20.9 Å². The number of benzene rings is 3. The van der Waals surface area contributed by atoms with Crippen molar-refractivity contribution in [2.24, 2.45) is 0 Å². The van der Waals surface area contributed by atoms with Crippen molar-refractivity contribution in [1.29, 1.82) is 0 Å². The van der Waals surface area contributed by atoms with Gasteiger partial charge in [0.15, 0.2) is 11.5 Å². The van der Waals surface area contributed by atoms with E-state index in [1.165, 1.54) is 18.2 Å². The highest BCUT2D eigenvalue weighted by atomic mass is 35.5. The molecule has 0 bridgehead atoms. The van der Waals surface area contributed by atoms with E-state index in [0.717, 1.165) is 22.2 Å². The van der Waals surface area contributed by atoms with Gasteiger partial charge in [-0.25, -0.2) is 4.79 Å². The maximum Gasteiger partial charge on any atom is 0.339 e. The van der Waals surface area contributed by atoms with Gasteiger partial charge in [-0.15, -0.1) is 0 Å². The minimum Gasteiger partial charge on any atom is -0.490 e. The van der Waals surface area contributed by atoms with Gasteiger partial charge < -0.3 is 19.5 Å². The van der Waals surface area contributed by atoms with Gasteiger partial charge in [0.05, 0.1) is 28.7 Å². The predicted octanol–water partition coefficient (Wildman–Crippen LogP) is 6.17. The molecule has 212 valence electrons. The van der Waals surface area contributed by atoms with Crippen LogP contribution in [0.5, 0.6) is 11.5 Å². The Hall–Kier alpha value is -4.28. The van der Waals surface area contributed by atoms with Gasteiger partial charge >= 0.3 is 5.97 Å². The van der Waals surface area contributed by atoms with Crippen molar-refractivity contribution in [1.82, 2.24) is 4.90 Å². The van der Waals surface area contributed by atoms with E-state index in [4.69, 9.17) is 25.8 Å². The predicted molar refractivity (Wildman–Crippen MR) is 157 cm³/mol. The molecule has 4 rings (SSSR count). The van der Waals surface area contributed by atoms with E-state index in [1.54, 1.807) is 31.2 Å². The van der Waals surface area contributed by atoms with Gasteiger partial charge in [-0.2, -0.15) is 0 Å². The average molecular weight is 595 g/mol. The number of imide groups is 1. The van der Waals surface area contributed by atoms with E-state index in [1.807, 2.05) is 37.3 Å². The number of esters is 1. The smallest absolute Gasteiger partial charge is 0.339 e. The quantitative estimate of drug-likeness (QED) is 0.207. The molecule has 9 nitrogen and oxygen atoms in total. The summed E-state index contributed by atoms with van der Waals surface area (Å²) < 4.78 is 16.6. The maximum absolute atomic E-state index is 13.0. The SMILES string of the molecule is CCOC(=O)c1cc(NC(=O)CN2C(=O)S/C(=C/c3ccc(OCc4ccccc4)c(OCC)c3)C2=O)ccc1Cl. The molecule has 1 saturated heterocycles. The number of hydrogen-bond acceptors (Lipinski definition) is 8. The Balaban J connectivity index is 1.43. The first-order valence-corrected chi connectivity index (χ1v) is 13.9. The minimum atomic E-state index is -0.632. The van der Waals surface area contributed by atoms with E-state index in [0.29, 0.717) is 30.3 Å². The van der Waals surface area contributed by atoms with Crippen LogP contribution in [0.3, 0.4) is 0 Å². The highest BCUT2D eigenvalue weighted by Crippen LogP contribution is 2.35. The highest BCUT2D eigenvalue weighted by molar-refractivity contribution is 8.18. The second-order valence-electron chi connectivity index (χ2n) is 8.64. The topological polar surface area (TPSA) is 111 Å². The van der Waals surface area contributed by atoms with E-state index >= 15 is 0 Å². The summed E-state index contributed by atoms with van der Waals surface area (Å²) in [5, 5.41) is 2.17. The van der Waals surface area contributed by atoms with E-state index in [9.17, 15) is 19.2 Å². The molecule has 0 aromatic heterocycles. The Morgan fingerprint density at radius 3 is 2.46 bits per heavy atom. The lowest BCUT2D eigenvalue weighted by atomic mass is 10.1. The minimum absolute atomic E-state index is 0.0864. The highest BCUT2D eigenvalue weighted by Gasteiger charge is 2.36. The standard InChI is InChI=1S/C30H27ClN2O7S/c1-3-38-25-14-20(10-13-24(25)40-18-19-8-6-5-7-9-19)15-26-28(35)33(30(37)41-26)17-27(34)32-21-11-12-23(31)22(16-21)29(36)39-4-2/h5-16H,3-4,17-18H2,1-2H3,(H,32,34)/b26-15+. The molecule has 1 aliphatic rings. The van der Waals surface area contributed by atoms with Gasteiger partial charge in [0.25, 0.3) is 11.1 Å². The number of thioether (sulfide) groups is 1. The zero-order chi connectivity index (χ0) is 29.4. The molecule has 1 fully saturated rings. The van der Waals surface area contributed by atoms with Gasteiger partial charge in [-0.1, -0.05) is 48.0 Å². The number of nitrogens with one attached hydrogen (secondary N) is 1. The van der Waals surface area contributed by atoms with Crippen molar-refractivity contribution in [3.63, 3.8) is 0 Å². The molecule has 11 heteroatoms. The lowest BCUT2D eigenvalue weighted by Crippen LogP contribution is -2.36. The first kappa shape index (κ1) is 29.7. The molecule has 0 unspecified atom stereocenters. The molecule has 0 aliphatic carbocycles. The number of carbonyl (C=O) groups excluding carboxylic acids is 4. The Morgan fingerprint density at radius 2 is 1.73 bits per heavy atom. The molecule has 1 aliphatic heterocycles. The van der Waals surface area contributed by atoms with Crippen molar-refractivity contribution in [3.05, 3.63) is 93.3 Å². The molecule has 0 radical (unpaired) electrons. The molecular weight excluding hydrogens is 568 g/mol. The van der Waals surface area contributed by atoms with Crippen molar-refractivity contribution >= 4 is 58.1 Å². The molecule has 1 N–H and O–H groups in total. The molecule has 3 amide bonds. The van der Waals surface area contributed by atoms with Gasteiger partial charge in [-0.3, -0.25) is 19.3 Å². The molecule has 3 aromatic carbocycles. The largest absolute Gasteiger partial charge is 0.490 e. The number of nitrogens with zero attached hydrogens (tertiary/aromatic N) is 1. The van der Waals surface area contributed by atoms with Crippen LogP contribution in [0.4, 0.5) is 10.5 Å². The normalized spacial score (nSPS) is 13.8. The third-order valence-electron chi connectivity index (χ3n) is 5.72. The van der Waals surface area contributed by atoms with Crippen molar-refractivity contribution in [2.45, 2.75) is 20.5 Å².